The molecule has 0 aliphatic rings. The van der Waals surface area contributed by atoms with Gasteiger partial charge in [-0.15, -0.1) is 0 Å². The second-order valence-electron chi connectivity index (χ2n) is 7.59. The Morgan fingerprint density at radius 2 is 1.64 bits per heavy atom. The molecule has 1 amide bonds. The highest BCUT2D eigenvalue weighted by atomic mass is 35.5. The van der Waals surface area contributed by atoms with Crippen molar-refractivity contribution in [2.45, 2.75) is 24.3 Å². The first-order chi connectivity index (χ1) is 15.8. The van der Waals surface area contributed by atoms with Crippen LogP contribution < -0.4 is 10.1 Å². The number of rotatable bonds is 10. The molecule has 0 radical (unpaired) electrons. The number of sulfonamides is 1. The van der Waals surface area contributed by atoms with Gasteiger partial charge in [0.15, 0.2) is 0 Å². The molecule has 1 atom stereocenters. The summed E-state index contributed by atoms with van der Waals surface area (Å²) >= 11 is 5.92. The maximum Gasteiger partial charge on any atom is 0.243 e. The van der Waals surface area contributed by atoms with Crippen LogP contribution in [-0.2, 0) is 21.2 Å². The number of carbonyl (C=O) groups is 1. The van der Waals surface area contributed by atoms with E-state index in [1.165, 1.54) is 28.6 Å². The number of carbonyl (C=O) groups excluding carboxylic acids is 1. The van der Waals surface area contributed by atoms with Gasteiger partial charge in [-0.1, -0.05) is 54.1 Å². The molecule has 3 aromatic rings. The fourth-order valence-corrected chi connectivity index (χ4v) is 4.88. The third-order valence-corrected chi connectivity index (χ3v) is 7.37. The van der Waals surface area contributed by atoms with Gasteiger partial charge in [-0.05, 0) is 60.9 Å². The maximum atomic E-state index is 13.3. The SMILES string of the molecule is COc1ccc(C(C)NC(=O)CN(CCc2ccccc2)S(=O)(=O)c2ccc(Cl)cc2)cc1. The van der Waals surface area contributed by atoms with Crippen LogP contribution in [0.3, 0.4) is 0 Å². The summed E-state index contributed by atoms with van der Waals surface area (Å²) in [7, 11) is -2.31. The molecule has 0 saturated heterocycles. The number of halogens is 1. The van der Waals surface area contributed by atoms with Crippen molar-refractivity contribution in [3.63, 3.8) is 0 Å². The predicted octanol–water partition coefficient (Wildman–Crippen LogP) is 4.46. The summed E-state index contributed by atoms with van der Waals surface area (Å²) in [4.78, 5) is 12.9. The molecule has 1 unspecified atom stereocenters. The first-order valence-electron chi connectivity index (χ1n) is 10.5. The zero-order valence-electron chi connectivity index (χ0n) is 18.6. The molecule has 0 aliphatic carbocycles. The van der Waals surface area contributed by atoms with Crippen molar-refractivity contribution in [1.82, 2.24) is 9.62 Å². The minimum Gasteiger partial charge on any atom is -0.497 e. The van der Waals surface area contributed by atoms with Crippen molar-refractivity contribution >= 4 is 27.5 Å². The number of benzene rings is 3. The Bertz CT molecular complexity index is 1150. The highest BCUT2D eigenvalue weighted by Crippen LogP contribution is 2.20. The second kappa shape index (κ2) is 11.3. The Balaban J connectivity index is 1.75. The van der Waals surface area contributed by atoms with Gasteiger partial charge in [0.25, 0.3) is 0 Å². The summed E-state index contributed by atoms with van der Waals surface area (Å²) in [5.41, 5.74) is 1.88. The van der Waals surface area contributed by atoms with Gasteiger partial charge in [-0.3, -0.25) is 4.79 Å². The van der Waals surface area contributed by atoms with Crippen LogP contribution in [0.2, 0.25) is 5.02 Å². The van der Waals surface area contributed by atoms with Crippen LogP contribution in [-0.4, -0.2) is 38.8 Å². The summed E-state index contributed by atoms with van der Waals surface area (Å²) in [5, 5.41) is 3.33. The average molecular weight is 487 g/mol. The summed E-state index contributed by atoms with van der Waals surface area (Å²) < 4.78 is 33.0. The number of hydrogen-bond donors (Lipinski definition) is 1. The molecule has 0 aliphatic heterocycles. The average Bonchev–Trinajstić information content (AvgIpc) is 2.82. The van der Waals surface area contributed by atoms with Crippen molar-refractivity contribution in [2.24, 2.45) is 0 Å². The monoisotopic (exact) mass is 486 g/mol. The van der Waals surface area contributed by atoms with Gasteiger partial charge in [-0.25, -0.2) is 8.42 Å². The summed E-state index contributed by atoms with van der Waals surface area (Å²) in [6.07, 6.45) is 0.481. The van der Waals surface area contributed by atoms with Crippen LogP contribution in [0, 0.1) is 0 Å². The molecule has 0 fully saturated rings. The van der Waals surface area contributed by atoms with E-state index in [-0.39, 0.29) is 29.9 Å². The maximum absolute atomic E-state index is 13.3. The van der Waals surface area contributed by atoms with E-state index in [0.717, 1.165) is 16.9 Å². The van der Waals surface area contributed by atoms with Crippen molar-refractivity contribution in [3.8, 4) is 5.75 Å². The van der Waals surface area contributed by atoms with Crippen molar-refractivity contribution < 1.29 is 17.9 Å². The Labute approximate surface area is 200 Å². The van der Waals surface area contributed by atoms with Gasteiger partial charge >= 0.3 is 0 Å². The first-order valence-corrected chi connectivity index (χ1v) is 12.3. The van der Waals surface area contributed by atoms with Crippen LogP contribution in [0.5, 0.6) is 5.75 Å². The fraction of sp³-hybridized carbons (Fsp3) is 0.240. The third kappa shape index (κ3) is 6.81. The standard InChI is InChI=1S/C25H27ClN2O4S/c1-19(21-8-12-23(32-2)13-9-21)27-25(29)18-28(17-16-20-6-4-3-5-7-20)33(30,31)24-14-10-22(26)11-15-24/h3-15,19H,16-18H2,1-2H3,(H,27,29). The molecule has 0 aromatic heterocycles. The molecule has 3 aromatic carbocycles. The lowest BCUT2D eigenvalue weighted by Crippen LogP contribution is -2.42. The van der Waals surface area contributed by atoms with E-state index < -0.39 is 10.0 Å². The fourth-order valence-electron chi connectivity index (χ4n) is 3.36. The molecule has 33 heavy (non-hydrogen) atoms. The van der Waals surface area contributed by atoms with E-state index in [9.17, 15) is 13.2 Å². The Hall–Kier alpha value is -2.87. The van der Waals surface area contributed by atoms with Gasteiger partial charge in [0, 0.05) is 11.6 Å². The van der Waals surface area contributed by atoms with Crippen LogP contribution in [0.1, 0.15) is 24.1 Å². The Morgan fingerprint density at radius 1 is 1.00 bits per heavy atom. The number of nitrogens with zero attached hydrogens (tertiary/aromatic N) is 1. The molecule has 0 bridgehead atoms. The number of ether oxygens (including phenoxy) is 1. The van der Waals surface area contributed by atoms with Crippen molar-refractivity contribution in [1.29, 1.82) is 0 Å². The quantitative estimate of drug-likeness (QED) is 0.459. The van der Waals surface area contributed by atoms with E-state index in [4.69, 9.17) is 16.3 Å². The molecule has 3 rings (SSSR count). The second-order valence-corrected chi connectivity index (χ2v) is 9.96. The molecule has 1 N–H and O–H groups in total. The van der Waals surface area contributed by atoms with E-state index in [1.54, 1.807) is 7.11 Å². The lowest BCUT2D eigenvalue weighted by atomic mass is 10.1. The zero-order chi connectivity index (χ0) is 23.8. The minimum absolute atomic E-state index is 0.0935. The third-order valence-electron chi connectivity index (χ3n) is 5.26. The molecule has 0 heterocycles. The number of amides is 1. The molecule has 0 saturated carbocycles. The van der Waals surface area contributed by atoms with Crippen LogP contribution in [0.4, 0.5) is 0 Å². The molecule has 0 spiro atoms. The highest BCUT2D eigenvalue weighted by molar-refractivity contribution is 7.89. The van der Waals surface area contributed by atoms with Gasteiger partial charge in [0.2, 0.25) is 15.9 Å². The molecular formula is C25H27ClN2O4S. The van der Waals surface area contributed by atoms with Gasteiger partial charge in [0.05, 0.1) is 24.6 Å². The van der Waals surface area contributed by atoms with Gasteiger partial charge in [-0.2, -0.15) is 4.31 Å². The normalized spacial score (nSPS) is 12.4. The van der Waals surface area contributed by atoms with E-state index in [0.29, 0.717) is 11.4 Å². The first kappa shape index (κ1) is 24.8. The molecule has 174 valence electrons. The van der Waals surface area contributed by atoms with Gasteiger partial charge in [0.1, 0.15) is 5.75 Å². The summed E-state index contributed by atoms with van der Waals surface area (Å²) in [6, 6.07) is 22.6. The summed E-state index contributed by atoms with van der Waals surface area (Å²) in [6.45, 7) is 1.72. The van der Waals surface area contributed by atoms with Crippen LogP contribution in [0.15, 0.2) is 83.8 Å². The molecular weight excluding hydrogens is 460 g/mol. The Morgan fingerprint density at radius 3 is 2.24 bits per heavy atom. The van der Waals surface area contributed by atoms with Crippen molar-refractivity contribution in [2.75, 3.05) is 20.2 Å². The number of nitrogens with one attached hydrogen (secondary N) is 1. The zero-order valence-corrected chi connectivity index (χ0v) is 20.1. The van der Waals surface area contributed by atoms with Gasteiger partial charge < -0.3 is 10.1 Å². The molecule has 8 heteroatoms. The largest absolute Gasteiger partial charge is 0.497 e. The lowest BCUT2D eigenvalue weighted by Gasteiger charge is -2.23. The molecule has 6 nitrogen and oxygen atoms in total. The van der Waals surface area contributed by atoms with Crippen molar-refractivity contribution in [3.05, 3.63) is 95.0 Å². The number of methoxy groups -OCH3 is 1. The van der Waals surface area contributed by atoms with E-state index in [2.05, 4.69) is 5.32 Å². The van der Waals surface area contributed by atoms with Crippen LogP contribution >= 0.6 is 11.6 Å². The van der Waals surface area contributed by atoms with Crippen LogP contribution in [0.25, 0.3) is 0 Å². The minimum atomic E-state index is -3.90. The van der Waals surface area contributed by atoms with E-state index in [1.807, 2.05) is 61.5 Å². The topological polar surface area (TPSA) is 75.7 Å². The van der Waals surface area contributed by atoms with E-state index >= 15 is 0 Å². The smallest absolute Gasteiger partial charge is 0.243 e. The predicted molar refractivity (Wildman–Crippen MR) is 130 cm³/mol. The Kier molecular flexibility index (Phi) is 8.49. The summed E-state index contributed by atoms with van der Waals surface area (Å²) in [5.74, 6) is 0.335. The number of hydrogen-bond acceptors (Lipinski definition) is 4. The lowest BCUT2D eigenvalue weighted by molar-refractivity contribution is -0.121. The highest BCUT2D eigenvalue weighted by Gasteiger charge is 2.27.